The van der Waals surface area contributed by atoms with Crippen LogP contribution in [0, 0.1) is 0 Å². The molecule has 6 aliphatic rings. The maximum Gasteiger partial charge on any atom is 1.00 e. The summed E-state index contributed by atoms with van der Waals surface area (Å²) in [4.78, 5) is 26.0. The fourth-order valence-electron chi connectivity index (χ4n) is 9.14. The number of carboxylic acid groups (broad SMARTS) is 1. The molecule has 6 aromatic rings. The Morgan fingerprint density at radius 2 is 0.731 bits per heavy atom. The summed E-state index contributed by atoms with van der Waals surface area (Å²) < 4.78 is 0. The molecule has 6 aliphatic heterocycles. The minimum absolute atomic E-state index is 0. The maximum absolute atomic E-state index is 11.4. The second kappa shape index (κ2) is 11.6. The van der Waals surface area contributed by atoms with E-state index in [1.165, 1.54) is 56.4 Å². The molecule has 0 aliphatic carbocycles. The number of carbonyl (C=O) groups is 1. The Balaban J connectivity index is 0.000000128. The van der Waals surface area contributed by atoms with Crippen molar-refractivity contribution in [3.05, 3.63) is 167 Å². The van der Waals surface area contributed by atoms with Gasteiger partial charge in [-0.05, 0) is 76.3 Å². The summed E-state index contributed by atoms with van der Waals surface area (Å²) in [6, 6.07) is 48.7. The van der Waals surface area contributed by atoms with Gasteiger partial charge in [-0.15, -0.1) is 0 Å². The number of carboxylic acids is 1. The van der Waals surface area contributed by atoms with Gasteiger partial charge in [-0.1, -0.05) is 91.0 Å². The number of anilines is 8. The zero-order chi connectivity index (χ0) is 33.8. The molecule has 0 saturated heterocycles. The van der Waals surface area contributed by atoms with Gasteiger partial charge < -0.3 is 39.3 Å². The van der Waals surface area contributed by atoms with E-state index in [0.717, 1.165) is 37.6 Å². The van der Waals surface area contributed by atoms with Gasteiger partial charge in [0.25, 0.3) is 0 Å². The third-order valence-corrected chi connectivity index (χ3v) is 11.3. The first-order valence-electron chi connectivity index (χ1n) is 17.6. The zero-order valence-electron chi connectivity index (χ0n) is 28.1. The molecule has 0 saturated carbocycles. The van der Waals surface area contributed by atoms with E-state index in [-0.39, 0.29) is 37.9 Å². The first-order chi connectivity index (χ1) is 25.1. The second-order valence-corrected chi connectivity index (χ2v) is 13.9. The Bertz CT molecular complexity index is 2340. The molecule has 0 bridgehead atoms. The Morgan fingerprint density at radius 3 is 1.10 bits per heavy atom. The number of nitrogens with zero attached hydrogens (tertiary/aromatic N) is 6. The van der Waals surface area contributed by atoms with E-state index >= 15 is 0 Å². The number of hydrogen-bond donors (Lipinski definition) is 0. The molecule has 6 heterocycles. The van der Waals surface area contributed by atoms with Gasteiger partial charge in [0.1, 0.15) is 0 Å². The van der Waals surface area contributed by atoms with E-state index in [1.54, 1.807) is 12.1 Å². The van der Waals surface area contributed by atoms with Crippen molar-refractivity contribution in [2.24, 2.45) is 0 Å². The number of hydrogen-bond acceptors (Lipinski definition) is 8. The molecular formula is C43H33N6O2Os. The van der Waals surface area contributed by atoms with Crippen molar-refractivity contribution >= 4 is 51.5 Å². The second-order valence-electron chi connectivity index (χ2n) is 13.9. The van der Waals surface area contributed by atoms with Gasteiger partial charge in [-0.25, -0.2) is 0 Å². The van der Waals surface area contributed by atoms with Crippen molar-refractivity contribution in [1.29, 1.82) is 0 Å². The first-order valence-corrected chi connectivity index (χ1v) is 17.6. The molecule has 9 heteroatoms. The van der Waals surface area contributed by atoms with Crippen LogP contribution in [0.25, 0.3) is 0 Å². The van der Waals surface area contributed by atoms with Crippen LogP contribution in [0.15, 0.2) is 140 Å². The van der Waals surface area contributed by atoms with Crippen LogP contribution in [-0.2, 0) is 46.0 Å². The quantitative estimate of drug-likeness (QED) is 0.171. The minimum atomic E-state index is -1.14. The predicted molar refractivity (Wildman–Crippen MR) is 200 cm³/mol. The SMILES string of the molecule is O=C([O-])c1ccc2c(c1)N1Cc3ccccc3N3c4ccccc4CN2C13.[Os+].c1ccc2c(c1)CN1c3ccccc3N3Cc4ccccc4N2C13. The van der Waals surface area contributed by atoms with E-state index in [1.807, 2.05) is 6.07 Å². The molecule has 1 atom stereocenters. The number of benzene rings is 6. The summed E-state index contributed by atoms with van der Waals surface area (Å²) >= 11 is 0. The van der Waals surface area contributed by atoms with Crippen molar-refractivity contribution in [2.45, 2.75) is 38.8 Å². The zero-order valence-corrected chi connectivity index (χ0v) is 30.7. The Morgan fingerprint density at radius 1 is 0.423 bits per heavy atom. The van der Waals surface area contributed by atoms with Gasteiger partial charge in [0, 0.05) is 48.9 Å². The summed E-state index contributed by atoms with van der Waals surface area (Å²) in [5.74, 6) is -1.14. The van der Waals surface area contributed by atoms with Gasteiger partial charge in [-0.2, -0.15) is 0 Å². The number of rotatable bonds is 1. The summed E-state index contributed by atoms with van der Waals surface area (Å²) in [6.45, 7) is 3.48. The molecular weight excluding hydrogens is 823 g/mol. The van der Waals surface area contributed by atoms with Crippen LogP contribution in [0.3, 0.4) is 0 Å². The van der Waals surface area contributed by atoms with Crippen molar-refractivity contribution in [2.75, 3.05) is 29.4 Å². The summed E-state index contributed by atoms with van der Waals surface area (Å²) in [6.07, 6.45) is 0.258. The predicted octanol–water partition coefficient (Wildman–Crippen LogP) is 7.29. The maximum atomic E-state index is 11.4. The van der Waals surface area contributed by atoms with Gasteiger partial charge in [0.05, 0.1) is 28.7 Å². The van der Waals surface area contributed by atoms with Gasteiger partial charge in [0.15, 0.2) is 12.6 Å². The van der Waals surface area contributed by atoms with E-state index in [2.05, 4.69) is 151 Å². The largest absolute Gasteiger partial charge is 1.00 e. The topological polar surface area (TPSA) is 59.6 Å². The van der Waals surface area contributed by atoms with Crippen LogP contribution in [0.1, 0.15) is 32.6 Å². The molecule has 12 rings (SSSR count). The van der Waals surface area contributed by atoms with E-state index in [9.17, 15) is 9.90 Å². The fraction of sp³-hybridized carbons (Fsp3) is 0.140. The third-order valence-electron chi connectivity index (χ3n) is 11.3. The smallest absolute Gasteiger partial charge is 0.545 e. The Hall–Kier alpha value is -5.77. The number of carbonyl (C=O) groups excluding carboxylic acids is 1. The van der Waals surface area contributed by atoms with Crippen LogP contribution in [0.5, 0.6) is 0 Å². The molecule has 1 radical (unpaired) electrons. The minimum Gasteiger partial charge on any atom is -0.545 e. The van der Waals surface area contributed by atoms with Crippen molar-refractivity contribution in [1.82, 2.24) is 0 Å². The summed E-state index contributed by atoms with van der Waals surface area (Å²) in [7, 11) is 0. The van der Waals surface area contributed by atoms with Crippen LogP contribution in [-0.4, -0.2) is 18.5 Å². The normalized spacial score (nSPS) is 17.6. The van der Waals surface area contributed by atoms with Gasteiger partial charge >= 0.3 is 19.8 Å². The molecule has 1 unspecified atom stereocenters. The molecule has 52 heavy (non-hydrogen) atoms. The summed E-state index contributed by atoms with van der Waals surface area (Å²) in [5.41, 5.74) is 15.3. The van der Waals surface area contributed by atoms with Gasteiger partial charge in [-0.3, -0.25) is 0 Å². The molecule has 255 valence electrons. The van der Waals surface area contributed by atoms with Crippen LogP contribution < -0.4 is 34.5 Å². The Labute approximate surface area is 315 Å². The monoisotopic (exact) mass is 857 g/mol. The third kappa shape index (κ3) is 4.33. The van der Waals surface area contributed by atoms with Crippen LogP contribution in [0.2, 0.25) is 0 Å². The number of para-hydroxylation sites is 6. The first kappa shape index (κ1) is 31.0. The molecule has 0 amide bonds. The van der Waals surface area contributed by atoms with Crippen LogP contribution in [0.4, 0.5) is 45.5 Å². The van der Waals surface area contributed by atoms with Crippen LogP contribution >= 0.6 is 0 Å². The van der Waals surface area contributed by atoms with E-state index in [4.69, 9.17) is 0 Å². The van der Waals surface area contributed by atoms with E-state index in [0.29, 0.717) is 0 Å². The average molecular weight is 856 g/mol. The van der Waals surface area contributed by atoms with Crippen molar-refractivity contribution in [3.8, 4) is 0 Å². The molecule has 8 nitrogen and oxygen atoms in total. The Kier molecular flexibility index (Phi) is 6.93. The average Bonchev–Trinajstić information content (AvgIpc) is 3.66. The molecule has 0 fully saturated rings. The molecule has 0 aromatic heterocycles. The molecule has 0 N–H and O–H groups in total. The van der Waals surface area contributed by atoms with Gasteiger partial charge in [0.2, 0.25) is 0 Å². The standard InChI is InChI=1S/C22H17N3O2.C21H17N3.Os/c26-21(27)14-9-10-19-20(11-14)24-13-16-6-2-4-8-18(16)25-17-7-3-1-5-15(17)12-23(19)22(24)25;1-3-9-17-15(7-1)13-22-19-11-5-6-12-20(19)23-14-16-8-2-4-10-18(16)24(17)21(22)23;/h1-11,22H,12-13H2,(H,26,27);1-12,21H,13-14H2;/q;;+1/p-1. The molecule has 0 spiro atoms. The number of aromatic carboxylic acids is 1. The number of fused-ring (bicyclic) bond motifs is 14. The summed E-state index contributed by atoms with van der Waals surface area (Å²) in [5, 5.41) is 11.4. The van der Waals surface area contributed by atoms with E-state index < -0.39 is 5.97 Å². The van der Waals surface area contributed by atoms with Crippen molar-refractivity contribution < 1.29 is 29.7 Å². The fourth-order valence-corrected chi connectivity index (χ4v) is 9.14. The molecule has 6 aromatic carbocycles. The van der Waals surface area contributed by atoms with Crippen molar-refractivity contribution in [3.63, 3.8) is 0 Å².